The highest BCUT2D eigenvalue weighted by Gasteiger charge is 2.25. The molecule has 0 aromatic carbocycles. The molecule has 0 spiro atoms. The van der Waals surface area contributed by atoms with E-state index < -0.39 is 0 Å². The standard InChI is InChI=1S/C13H17BrN2O2.C2H6/c1-18-13(17)10-4-6-16(7-5-10)9-12-3-2-11(14)8-15-12;1-2/h2-3,8,10H,4-7,9H2,1H3;1-2H3. The lowest BCUT2D eigenvalue weighted by Gasteiger charge is -2.30. The number of methoxy groups -OCH3 is 1. The molecule has 2 rings (SSSR count). The van der Waals surface area contributed by atoms with Crippen molar-refractivity contribution in [3.05, 3.63) is 28.5 Å². The van der Waals surface area contributed by atoms with Gasteiger partial charge in [-0.25, -0.2) is 0 Å². The molecular formula is C15H23BrN2O2. The Morgan fingerprint density at radius 2 is 2.05 bits per heavy atom. The molecule has 1 aromatic heterocycles. The molecule has 1 aliphatic heterocycles. The lowest BCUT2D eigenvalue weighted by atomic mass is 9.97. The van der Waals surface area contributed by atoms with Crippen LogP contribution in [0.3, 0.4) is 0 Å². The molecule has 2 heterocycles. The maximum atomic E-state index is 11.4. The van der Waals surface area contributed by atoms with Gasteiger partial charge in [0.05, 0.1) is 18.7 Å². The van der Waals surface area contributed by atoms with Crippen molar-refractivity contribution in [2.75, 3.05) is 20.2 Å². The number of piperidine rings is 1. The summed E-state index contributed by atoms with van der Waals surface area (Å²) >= 11 is 3.37. The Balaban J connectivity index is 0.000000956. The second-order valence-electron chi connectivity index (χ2n) is 4.54. The summed E-state index contributed by atoms with van der Waals surface area (Å²) in [5, 5.41) is 0. The third-order valence-corrected chi connectivity index (χ3v) is 3.77. The monoisotopic (exact) mass is 342 g/mol. The number of rotatable bonds is 3. The number of esters is 1. The Labute approximate surface area is 129 Å². The summed E-state index contributed by atoms with van der Waals surface area (Å²) in [7, 11) is 1.46. The molecule has 1 aromatic rings. The maximum Gasteiger partial charge on any atom is 0.308 e. The SMILES string of the molecule is CC.COC(=O)C1CCN(Cc2ccc(Br)cn2)CC1. The van der Waals surface area contributed by atoms with E-state index in [1.54, 1.807) is 0 Å². The Morgan fingerprint density at radius 3 is 2.55 bits per heavy atom. The number of carbonyl (C=O) groups excluding carboxylic acids is 1. The third-order valence-electron chi connectivity index (χ3n) is 3.30. The van der Waals surface area contributed by atoms with E-state index in [4.69, 9.17) is 4.74 Å². The van der Waals surface area contributed by atoms with Crippen LogP contribution >= 0.6 is 15.9 Å². The number of ether oxygens (including phenoxy) is 1. The first-order valence-corrected chi connectivity index (χ1v) is 7.89. The van der Waals surface area contributed by atoms with E-state index in [0.717, 1.165) is 42.6 Å². The molecule has 4 nitrogen and oxygen atoms in total. The predicted octanol–water partition coefficient (Wildman–Crippen LogP) is 3.26. The van der Waals surface area contributed by atoms with E-state index in [1.165, 1.54) is 7.11 Å². The van der Waals surface area contributed by atoms with Crippen LogP contribution in [-0.2, 0) is 16.1 Å². The first-order valence-electron chi connectivity index (χ1n) is 7.09. The van der Waals surface area contributed by atoms with Crippen LogP contribution in [0, 0.1) is 5.92 Å². The van der Waals surface area contributed by atoms with Gasteiger partial charge in [0.1, 0.15) is 0 Å². The Hall–Kier alpha value is -0.940. The van der Waals surface area contributed by atoms with E-state index in [1.807, 2.05) is 32.2 Å². The van der Waals surface area contributed by atoms with Crippen molar-refractivity contribution in [2.45, 2.75) is 33.2 Å². The van der Waals surface area contributed by atoms with E-state index in [2.05, 4.69) is 25.8 Å². The van der Waals surface area contributed by atoms with Gasteiger partial charge >= 0.3 is 5.97 Å². The number of halogens is 1. The fourth-order valence-electron chi connectivity index (χ4n) is 2.22. The van der Waals surface area contributed by atoms with Gasteiger partial charge in [-0.3, -0.25) is 14.7 Å². The fraction of sp³-hybridized carbons (Fsp3) is 0.600. The molecule has 0 radical (unpaired) electrons. The zero-order valence-corrected chi connectivity index (χ0v) is 14.0. The molecular weight excluding hydrogens is 320 g/mol. The van der Waals surface area contributed by atoms with Crippen molar-refractivity contribution >= 4 is 21.9 Å². The maximum absolute atomic E-state index is 11.4. The highest BCUT2D eigenvalue weighted by atomic mass is 79.9. The van der Waals surface area contributed by atoms with Crippen molar-refractivity contribution in [3.8, 4) is 0 Å². The molecule has 0 atom stereocenters. The zero-order chi connectivity index (χ0) is 15.0. The van der Waals surface area contributed by atoms with Gasteiger partial charge in [0.15, 0.2) is 0 Å². The molecule has 1 aliphatic rings. The minimum atomic E-state index is -0.0728. The summed E-state index contributed by atoms with van der Waals surface area (Å²) in [5.41, 5.74) is 1.06. The smallest absolute Gasteiger partial charge is 0.308 e. The Morgan fingerprint density at radius 1 is 1.40 bits per heavy atom. The van der Waals surface area contributed by atoms with Crippen LogP contribution in [0.4, 0.5) is 0 Å². The highest BCUT2D eigenvalue weighted by Crippen LogP contribution is 2.20. The van der Waals surface area contributed by atoms with Crippen molar-refractivity contribution in [2.24, 2.45) is 5.92 Å². The average molecular weight is 343 g/mol. The minimum Gasteiger partial charge on any atom is -0.469 e. The minimum absolute atomic E-state index is 0.0728. The summed E-state index contributed by atoms with van der Waals surface area (Å²) in [4.78, 5) is 18.1. The lowest BCUT2D eigenvalue weighted by Crippen LogP contribution is -2.36. The van der Waals surface area contributed by atoms with Crippen molar-refractivity contribution in [1.82, 2.24) is 9.88 Å². The van der Waals surface area contributed by atoms with Crippen molar-refractivity contribution in [1.29, 1.82) is 0 Å². The predicted molar refractivity (Wildman–Crippen MR) is 83.3 cm³/mol. The number of carbonyl (C=O) groups is 1. The van der Waals surface area contributed by atoms with E-state index >= 15 is 0 Å². The number of hydrogen-bond acceptors (Lipinski definition) is 4. The normalized spacial score (nSPS) is 16.2. The third kappa shape index (κ3) is 5.21. The largest absolute Gasteiger partial charge is 0.469 e. The second-order valence-corrected chi connectivity index (χ2v) is 5.46. The van der Waals surface area contributed by atoms with E-state index in [0.29, 0.717) is 0 Å². The van der Waals surface area contributed by atoms with Crippen LogP contribution in [0.15, 0.2) is 22.8 Å². The topological polar surface area (TPSA) is 42.4 Å². The number of aromatic nitrogens is 1. The molecule has 1 saturated heterocycles. The lowest BCUT2D eigenvalue weighted by molar-refractivity contribution is -0.147. The molecule has 0 saturated carbocycles. The van der Waals surface area contributed by atoms with Gasteiger partial charge in [-0.15, -0.1) is 0 Å². The molecule has 0 aliphatic carbocycles. The molecule has 0 bridgehead atoms. The zero-order valence-electron chi connectivity index (χ0n) is 12.4. The molecule has 0 N–H and O–H groups in total. The fourth-order valence-corrected chi connectivity index (χ4v) is 2.46. The molecule has 112 valence electrons. The molecule has 0 amide bonds. The summed E-state index contributed by atoms with van der Waals surface area (Å²) in [6.45, 7) is 6.70. The van der Waals surface area contributed by atoms with Gasteiger partial charge in [-0.05, 0) is 54.0 Å². The molecule has 1 fully saturated rings. The van der Waals surface area contributed by atoms with Crippen molar-refractivity contribution in [3.63, 3.8) is 0 Å². The van der Waals surface area contributed by atoms with Gasteiger partial charge < -0.3 is 4.74 Å². The van der Waals surface area contributed by atoms with Crippen LogP contribution in [-0.4, -0.2) is 36.1 Å². The van der Waals surface area contributed by atoms with E-state index in [9.17, 15) is 4.79 Å². The molecule has 0 unspecified atom stereocenters. The van der Waals surface area contributed by atoms with Crippen LogP contribution in [0.25, 0.3) is 0 Å². The number of hydrogen-bond donors (Lipinski definition) is 0. The van der Waals surface area contributed by atoms with E-state index in [-0.39, 0.29) is 11.9 Å². The first-order chi connectivity index (χ1) is 9.69. The number of likely N-dealkylation sites (tertiary alicyclic amines) is 1. The second kappa shape index (κ2) is 9.08. The van der Waals surface area contributed by atoms with Crippen molar-refractivity contribution < 1.29 is 9.53 Å². The summed E-state index contributed by atoms with van der Waals surface area (Å²) in [5.74, 6) is 0.000503. The number of nitrogens with zero attached hydrogens (tertiary/aromatic N) is 2. The highest BCUT2D eigenvalue weighted by molar-refractivity contribution is 9.10. The van der Waals surface area contributed by atoms with Gasteiger partial charge in [0.25, 0.3) is 0 Å². The van der Waals surface area contributed by atoms with Gasteiger partial charge in [0.2, 0.25) is 0 Å². The number of pyridine rings is 1. The van der Waals surface area contributed by atoms with Gasteiger partial charge in [-0.1, -0.05) is 13.8 Å². The summed E-state index contributed by atoms with van der Waals surface area (Å²) in [6.07, 6.45) is 3.57. The van der Waals surface area contributed by atoms with Crippen LogP contribution < -0.4 is 0 Å². The Bertz CT molecular complexity index is 401. The van der Waals surface area contributed by atoms with Crippen LogP contribution in [0.1, 0.15) is 32.4 Å². The molecule has 20 heavy (non-hydrogen) atoms. The average Bonchev–Trinajstić information content (AvgIpc) is 2.51. The van der Waals surface area contributed by atoms with Gasteiger partial charge in [-0.2, -0.15) is 0 Å². The molecule has 5 heteroatoms. The Kier molecular flexibility index (Phi) is 7.77. The quantitative estimate of drug-likeness (QED) is 0.790. The van der Waals surface area contributed by atoms with Crippen LogP contribution in [0.2, 0.25) is 0 Å². The van der Waals surface area contributed by atoms with Crippen LogP contribution in [0.5, 0.6) is 0 Å². The summed E-state index contributed by atoms with van der Waals surface area (Å²) in [6, 6.07) is 4.03. The summed E-state index contributed by atoms with van der Waals surface area (Å²) < 4.78 is 5.78. The van der Waals surface area contributed by atoms with Gasteiger partial charge in [0, 0.05) is 17.2 Å². The first kappa shape index (κ1) is 17.1.